The number of guanidine groups is 1. The number of benzene rings is 2. The number of ether oxygens (including phenoxy) is 1. The molecule has 4 N–H and O–H groups in total. The predicted molar refractivity (Wildman–Crippen MR) is 120 cm³/mol. The Hall–Kier alpha value is -2.55. The SMILES string of the molecule is C=CCOc1ccccc1CNC(=NC)NCc1cccc(C(N)=O)c1.I. The highest BCUT2D eigenvalue weighted by atomic mass is 127. The summed E-state index contributed by atoms with van der Waals surface area (Å²) in [4.78, 5) is 15.5. The minimum Gasteiger partial charge on any atom is -0.489 e. The molecule has 1 amide bonds. The van der Waals surface area contributed by atoms with Crippen molar-refractivity contribution in [2.24, 2.45) is 10.7 Å². The molecule has 0 aliphatic carbocycles. The quantitative estimate of drug-likeness (QED) is 0.235. The molecule has 0 unspecified atom stereocenters. The van der Waals surface area contributed by atoms with Crippen molar-refractivity contribution >= 4 is 35.8 Å². The average molecular weight is 480 g/mol. The summed E-state index contributed by atoms with van der Waals surface area (Å²) in [5, 5.41) is 6.47. The third-order valence-electron chi connectivity index (χ3n) is 3.67. The number of aliphatic imine (C=N–C) groups is 1. The summed E-state index contributed by atoms with van der Waals surface area (Å²) in [5.41, 5.74) is 7.76. The number of para-hydroxylation sites is 1. The van der Waals surface area contributed by atoms with Crippen LogP contribution < -0.4 is 21.1 Å². The Labute approximate surface area is 176 Å². The molecule has 2 aromatic carbocycles. The van der Waals surface area contributed by atoms with Crippen LogP contribution in [0.2, 0.25) is 0 Å². The van der Waals surface area contributed by atoms with Gasteiger partial charge in [0.25, 0.3) is 0 Å². The smallest absolute Gasteiger partial charge is 0.248 e. The number of hydrogen-bond acceptors (Lipinski definition) is 3. The first-order valence-corrected chi connectivity index (χ1v) is 8.29. The molecule has 0 aromatic heterocycles. The number of carbonyl (C=O) groups is 1. The minimum absolute atomic E-state index is 0. The molecule has 2 aromatic rings. The lowest BCUT2D eigenvalue weighted by Gasteiger charge is -2.14. The highest BCUT2D eigenvalue weighted by Gasteiger charge is 2.05. The summed E-state index contributed by atoms with van der Waals surface area (Å²) in [7, 11) is 1.70. The van der Waals surface area contributed by atoms with Gasteiger partial charge in [-0.25, -0.2) is 0 Å². The van der Waals surface area contributed by atoms with Gasteiger partial charge in [-0.3, -0.25) is 9.79 Å². The molecular weight excluding hydrogens is 455 g/mol. The molecule has 0 saturated heterocycles. The van der Waals surface area contributed by atoms with Gasteiger partial charge in [-0.2, -0.15) is 0 Å². The van der Waals surface area contributed by atoms with Crippen molar-refractivity contribution < 1.29 is 9.53 Å². The molecule has 0 heterocycles. The van der Waals surface area contributed by atoms with Crippen LogP contribution in [0.3, 0.4) is 0 Å². The van der Waals surface area contributed by atoms with E-state index in [0.29, 0.717) is 31.2 Å². The summed E-state index contributed by atoms with van der Waals surface area (Å²) in [6.45, 7) is 5.21. The molecule has 0 aliphatic rings. The van der Waals surface area contributed by atoms with Crippen LogP contribution >= 0.6 is 24.0 Å². The fourth-order valence-corrected chi connectivity index (χ4v) is 2.36. The largest absolute Gasteiger partial charge is 0.489 e. The number of hydrogen-bond donors (Lipinski definition) is 3. The molecule has 144 valence electrons. The Morgan fingerprint density at radius 1 is 1.19 bits per heavy atom. The van der Waals surface area contributed by atoms with Gasteiger partial charge in [-0.1, -0.05) is 43.0 Å². The van der Waals surface area contributed by atoms with Crippen LogP contribution in [0, 0.1) is 0 Å². The minimum atomic E-state index is -0.439. The second-order valence-electron chi connectivity index (χ2n) is 5.55. The Morgan fingerprint density at radius 2 is 1.93 bits per heavy atom. The van der Waals surface area contributed by atoms with Gasteiger partial charge in [0.2, 0.25) is 5.91 Å². The number of halogens is 1. The van der Waals surface area contributed by atoms with E-state index in [-0.39, 0.29) is 24.0 Å². The van der Waals surface area contributed by atoms with Gasteiger partial charge in [0, 0.05) is 31.3 Å². The second kappa shape index (κ2) is 11.9. The lowest BCUT2D eigenvalue weighted by molar-refractivity contribution is 0.1000. The number of rotatable bonds is 8. The van der Waals surface area contributed by atoms with E-state index in [4.69, 9.17) is 10.5 Å². The molecule has 0 bridgehead atoms. The third-order valence-corrected chi connectivity index (χ3v) is 3.67. The highest BCUT2D eigenvalue weighted by molar-refractivity contribution is 14.0. The van der Waals surface area contributed by atoms with E-state index in [2.05, 4.69) is 22.2 Å². The van der Waals surface area contributed by atoms with E-state index < -0.39 is 5.91 Å². The third kappa shape index (κ3) is 7.30. The monoisotopic (exact) mass is 480 g/mol. The van der Waals surface area contributed by atoms with Gasteiger partial charge < -0.3 is 21.1 Å². The van der Waals surface area contributed by atoms with E-state index in [1.54, 1.807) is 31.3 Å². The van der Waals surface area contributed by atoms with Gasteiger partial charge >= 0.3 is 0 Å². The number of amides is 1. The molecule has 2 rings (SSSR count). The van der Waals surface area contributed by atoms with Gasteiger partial charge in [-0.05, 0) is 23.8 Å². The fourth-order valence-electron chi connectivity index (χ4n) is 2.36. The molecule has 0 aliphatic heterocycles. The molecule has 0 spiro atoms. The first-order chi connectivity index (χ1) is 12.6. The fraction of sp³-hybridized carbons (Fsp3) is 0.200. The van der Waals surface area contributed by atoms with Gasteiger partial charge in [0.05, 0.1) is 0 Å². The van der Waals surface area contributed by atoms with Crippen molar-refractivity contribution in [2.45, 2.75) is 13.1 Å². The summed E-state index contributed by atoms with van der Waals surface area (Å²) < 4.78 is 5.66. The normalized spacial score (nSPS) is 10.5. The van der Waals surface area contributed by atoms with Gasteiger partial charge in [-0.15, -0.1) is 24.0 Å². The van der Waals surface area contributed by atoms with Gasteiger partial charge in [0.1, 0.15) is 12.4 Å². The molecule has 27 heavy (non-hydrogen) atoms. The molecule has 0 radical (unpaired) electrons. The van der Waals surface area contributed by atoms with Crippen molar-refractivity contribution in [3.8, 4) is 5.75 Å². The molecule has 0 atom stereocenters. The Balaban J connectivity index is 0.00000364. The number of carbonyl (C=O) groups excluding carboxylic acids is 1. The maximum absolute atomic E-state index is 11.3. The van der Waals surface area contributed by atoms with Crippen molar-refractivity contribution in [3.63, 3.8) is 0 Å². The molecule has 0 fully saturated rings. The Bertz CT molecular complexity index is 793. The lowest BCUT2D eigenvalue weighted by Crippen LogP contribution is -2.36. The molecule has 0 saturated carbocycles. The van der Waals surface area contributed by atoms with E-state index >= 15 is 0 Å². The number of nitrogens with zero attached hydrogens (tertiary/aromatic N) is 1. The first-order valence-electron chi connectivity index (χ1n) is 8.29. The van der Waals surface area contributed by atoms with Gasteiger partial charge in [0.15, 0.2) is 5.96 Å². The first kappa shape index (κ1) is 22.5. The zero-order chi connectivity index (χ0) is 18.8. The Kier molecular flexibility index (Phi) is 9.95. The summed E-state index contributed by atoms with van der Waals surface area (Å²) >= 11 is 0. The van der Waals surface area contributed by atoms with Crippen molar-refractivity contribution in [3.05, 3.63) is 77.9 Å². The summed E-state index contributed by atoms with van der Waals surface area (Å²) in [6.07, 6.45) is 1.71. The van der Waals surface area contributed by atoms with Crippen molar-refractivity contribution in [2.75, 3.05) is 13.7 Å². The Morgan fingerprint density at radius 3 is 2.63 bits per heavy atom. The number of primary amides is 1. The average Bonchev–Trinajstić information content (AvgIpc) is 2.67. The number of nitrogens with one attached hydrogen (secondary N) is 2. The molecule has 7 heteroatoms. The zero-order valence-corrected chi connectivity index (χ0v) is 17.6. The van der Waals surface area contributed by atoms with Crippen LogP contribution in [-0.4, -0.2) is 25.5 Å². The van der Waals surface area contributed by atoms with E-state index in [9.17, 15) is 4.79 Å². The van der Waals surface area contributed by atoms with Crippen LogP contribution in [0.5, 0.6) is 5.75 Å². The highest BCUT2D eigenvalue weighted by Crippen LogP contribution is 2.17. The maximum atomic E-state index is 11.3. The topological polar surface area (TPSA) is 88.7 Å². The van der Waals surface area contributed by atoms with Crippen LogP contribution in [0.4, 0.5) is 0 Å². The van der Waals surface area contributed by atoms with E-state index in [1.165, 1.54) is 0 Å². The van der Waals surface area contributed by atoms with E-state index in [1.807, 2.05) is 30.3 Å². The van der Waals surface area contributed by atoms with E-state index in [0.717, 1.165) is 16.9 Å². The zero-order valence-electron chi connectivity index (χ0n) is 15.3. The lowest BCUT2D eigenvalue weighted by atomic mass is 10.1. The second-order valence-corrected chi connectivity index (χ2v) is 5.55. The van der Waals surface area contributed by atoms with Crippen LogP contribution in [-0.2, 0) is 13.1 Å². The summed E-state index contributed by atoms with van der Waals surface area (Å²) in [6, 6.07) is 15.0. The van der Waals surface area contributed by atoms with Crippen LogP contribution in [0.15, 0.2) is 66.2 Å². The predicted octanol–water partition coefficient (Wildman–Crippen LogP) is 2.83. The number of nitrogens with two attached hydrogens (primary N) is 1. The molecule has 6 nitrogen and oxygen atoms in total. The standard InChI is InChI=1S/C20H24N4O2.HI/c1-3-11-26-18-10-5-4-8-17(18)14-24-20(22-2)23-13-15-7-6-9-16(12-15)19(21)25;/h3-10,12H,1,11,13-14H2,2H3,(H2,21,25)(H2,22,23,24);1H. The summed E-state index contributed by atoms with van der Waals surface area (Å²) in [5.74, 6) is 1.02. The van der Waals surface area contributed by atoms with Crippen molar-refractivity contribution in [1.29, 1.82) is 0 Å². The van der Waals surface area contributed by atoms with Crippen LogP contribution in [0.25, 0.3) is 0 Å². The van der Waals surface area contributed by atoms with Crippen LogP contribution in [0.1, 0.15) is 21.5 Å². The maximum Gasteiger partial charge on any atom is 0.248 e. The molecular formula is C20H25IN4O2. The van der Waals surface area contributed by atoms with Crippen molar-refractivity contribution in [1.82, 2.24) is 10.6 Å².